The van der Waals surface area contributed by atoms with E-state index in [1.807, 2.05) is 0 Å². The normalized spacial score (nSPS) is 11.4. The predicted molar refractivity (Wildman–Crippen MR) is 62.2 cm³/mol. The Balaban J connectivity index is 2.99. The summed E-state index contributed by atoms with van der Waals surface area (Å²) >= 11 is 5.56. The summed E-state index contributed by atoms with van der Waals surface area (Å²) in [6.07, 6.45) is -4.59. The standard InChI is InChI=1S/C11H11ClF3NO3/c12-7-1-2-8(9(18)5-7)10(19)16(3-4-17)6-11(13,14)15/h1-2,5,17-18H,3-4,6H2. The molecule has 0 aliphatic rings. The molecule has 0 saturated carbocycles. The third-order valence-electron chi connectivity index (χ3n) is 2.22. The van der Waals surface area contributed by atoms with E-state index in [9.17, 15) is 23.1 Å². The van der Waals surface area contributed by atoms with E-state index in [0.29, 0.717) is 4.90 Å². The topological polar surface area (TPSA) is 60.8 Å². The molecule has 0 aliphatic carbocycles. The molecule has 0 atom stereocenters. The van der Waals surface area contributed by atoms with Crippen LogP contribution in [0.15, 0.2) is 18.2 Å². The summed E-state index contributed by atoms with van der Waals surface area (Å²) in [5, 5.41) is 18.4. The molecule has 0 saturated heterocycles. The van der Waals surface area contributed by atoms with Gasteiger partial charge in [-0.15, -0.1) is 0 Å². The first-order valence-corrected chi connectivity index (χ1v) is 5.58. The highest BCUT2D eigenvalue weighted by Crippen LogP contribution is 2.25. The summed E-state index contributed by atoms with van der Waals surface area (Å²) in [5.74, 6) is -1.54. The molecule has 0 unspecified atom stereocenters. The summed E-state index contributed by atoms with van der Waals surface area (Å²) in [7, 11) is 0. The average molecular weight is 298 g/mol. The van der Waals surface area contributed by atoms with Crippen LogP contribution in [0.5, 0.6) is 5.75 Å². The van der Waals surface area contributed by atoms with Crippen LogP contribution in [0.2, 0.25) is 5.02 Å². The number of alkyl halides is 3. The second kappa shape index (κ2) is 6.12. The van der Waals surface area contributed by atoms with E-state index in [1.165, 1.54) is 6.07 Å². The minimum absolute atomic E-state index is 0.151. The van der Waals surface area contributed by atoms with Crippen LogP contribution in [0.3, 0.4) is 0 Å². The predicted octanol–water partition coefficient (Wildman–Crippen LogP) is 2.04. The molecule has 0 heterocycles. The summed E-state index contributed by atoms with van der Waals surface area (Å²) in [6, 6.07) is 3.46. The maximum Gasteiger partial charge on any atom is 0.406 e. The van der Waals surface area contributed by atoms with Crippen LogP contribution >= 0.6 is 11.6 Å². The fourth-order valence-electron chi connectivity index (χ4n) is 1.45. The lowest BCUT2D eigenvalue weighted by Crippen LogP contribution is -2.40. The van der Waals surface area contributed by atoms with Crippen LogP contribution in [0.25, 0.3) is 0 Å². The van der Waals surface area contributed by atoms with Crippen molar-refractivity contribution in [1.82, 2.24) is 4.90 Å². The van der Waals surface area contributed by atoms with Crippen LogP contribution < -0.4 is 0 Å². The van der Waals surface area contributed by atoms with Crippen molar-refractivity contribution in [2.45, 2.75) is 6.18 Å². The van der Waals surface area contributed by atoms with Gasteiger partial charge in [0.2, 0.25) is 0 Å². The summed E-state index contributed by atoms with van der Waals surface area (Å²) < 4.78 is 36.9. The van der Waals surface area contributed by atoms with E-state index in [-0.39, 0.29) is 10.6 Å². The van der Waals surface area contributed by atoms with Crippen molar-refractivity contribution in [1.29, 1.82) is 0 Å². The molecule has 1 amide bonds. The number of carbonyl (C=O) groups excluding carboxylic acids is 1. The molecule has 0 fully saturated rings. The van der Waals surface area contributed by atoms with Gasteiger partial charge in [-0.3, -0.25) is 4.79 Å². The van der Waals surface area contributed by atoms with E-state index in [0.717, 1.165) is 12.1 Å². The average Bonchev–Trinajstić information content (AvgIpc) is 2.26. The Morgan fingerprint density at radius 3 is 2.47 bits per heavy atom. The number of halogens is 4. The lowest BCUT2D eigenvalue weighted by molar-refractivity contribution is -0.141. The van der Waals surface area contributed by atoms with Gasteiger partial charge in [0.1, 0.15) is 12.3 Å². The van der Waals surface area contributed by atoms with Gasteiger partial charge in [-0.2, -0.15) is 13.2 Å². The molecule has 1 aromatic rings. The monoisotopic (exact) mass is 297 g/mol. The Morgan fingerprint density at radius 1 is 1.37 bits per heavy atom. The third kappa shape index (κ3) is 4.60. The molecule has 2 N–H and O–H groups in total. The number of nitrogens with zero attached hydrogens (tertiary/aromatic N) is 1. The highest BCUT2D eigenvalue weighted by atomic mass is 35.5. The number of hydrogen-bond acceptors (Lipinski definition) is 3. The van der Waals surface area contributed by atoms with E-state index >= 15 is 0 Å². The lowest BCUT2D eigenvalue weighted by Gasteiger charge is -2.23. The smallest absolute Gasteiger partial charge is 0.406 e. The van der Waals surface area contributed by atoms with Gasteiger partial charge >= 0.3 is 6.18 Å². The molecule has 4 nitrogen and oxygen atoms in total. The third-order valence-corrected chi connectivity index (χ3v) is 2.45. The Morgan fingerprint density at radius 2 is 2.00 bits per heavy atom. The van der Waals surface area contributed by atoms with Gasteiger partial charge in [-0.1, -0.05) is 11.6 Å². The van der Waals surface area contributed by atoms with Gasteiger partial charge in [-0.25, -0.2) is 0 Å². The Bertz CT molecular complexity index is 465. The Hall–Kier alpha value is -1.47. The molecule has 0 bridgehead atoms. The van der Waals surface area contributed by atoms with E-state index < -0.39 is 37.5 Å². The highest BCUT2D eigenvalue weighted by molar-refractivity contribution is 6.30. The summed E-state index contributed by atoms with van der Waals surface area (Å²) in [4.78, 5) is 12.3. The van der Waals surface area contributed by atoms with E-state index in [2.05, 4.69) is 0 Å². The number of aliphatic hydroxyl groups excluding tert-OH is 1. The second-order valence-electron chi connectivity index (χ2n) is 3.73. The number of phenols is 1. The van der Waals surface area contributed by atoms with Crippen molar-refractivity contribution in [3.05, 3.63) is 28.8 Å². The lowest BCUT2D eigenvalue weighted by atomic mass is 10.1. The van der Waals surface area contributed by atoms with Crippen molar-refractivity contribution >= 4 is 17.5 Å². The number of aliphatic hydroxyl groups is 1. The quantitative estimate of drug-likeness (QED) is 0.894. The SMILES string of the molecule is O=C(c1ccc(Cl)cc1O)N(CCO)CC(F)(F)F. The number of aromatic hydroxyl groups is 1. The maximum absolute atomic E-state index is 12.3. The highest BCUT2D eigenvalue weighted by Gasteiger charge is 2.33. The fraction of sp³-hybridized carbons (Fsp3) is 0.364. The van der Waals surface area contributed by atoms with Gasteiger partial charge < -0.3 is 15.1 Å². The van der Waals surface area contributed by atoms with Crippen LogP contribution in [-0.4, -0.2) is 46.9 Å². The first-order valence-electron chi connectivity index (χ1n) is 5.20. The second-order valence-corrected chi connectivity index (χ2v) is 4.16. The van der Waals surface area contributed by atoms with Crippen molar-refractivity contribution in [3.63, 3.8) is 0 Å². The van der Waals surface area contributed by atoms with Gasteiger partial charge in [0, 0.05) is 11.6 Å². The van der Waals surface area contributed by atoms with Gasteiger partial charge in [-0.05, 0) is 18.2 Å². The Labute approximate surface area is 112 Å². The van der Waals surface area contributed by atoms with E-state index in [4.69, 9.17) is 16.7 Å². The molecule has 1 aromatic carbocycles. The van der Waals surface area contributed by atoms with E-state index in [1.54, 1.807) is 0 Å². The zero-order valence-electron chi connectivity index (χ0n) is 9.62. The largest absolute Gasteiger partial charge is 0.507 e. The first kappa shape index (κ1) is 15.6. The van der Waals surface area contributed by atoms with Crippen LogP contribution in [0.4, 0.5) is 13.2 Å². The van der Waals surface area contributed by atoms with Crippen molar-refractivity contribution in [2.24, 2.45) is 0 Å². The van der Waals surface area contributed by atoms with Crippen LogP contribution in [0.1, 0.15) is 10.4 Å². The first-order chi connectivity index (χ1) is 8.74. The summed E-state index contributed by atoms with van der Waals surface area (Å²) in [5.41, 5.74) is -0.304. The minimum atomic E-state index is -4.59. The number of benzene rings is 1. The van der Waals surface area contributed by atoms with Gasteiger partial charge in [0.15, 0.2) is 0 Å². The molecule has 8 heteroatoms. The number of amides is 1. The van der Waals surface area contributed by atoms with Crippen molar-refractivity contribution in [2.75, 3.05) is 19.7 Å². The molecular formula is C11H11ClF3NO3. The minimum Gasteiger partial charge on any atom is -0.507 e. The Kier molecular flexibility index (Phi) is 5.02. The number of hydrogen-bond donors (Lipinski definition) is 2. The van der Waals surface area contributed by atoms with Gasteiger partial charge in [0.05, 0.1) is 12.2 Å². The molecule has 1 rings (SSSR count). The van der Waals surface area contributed by atoms with Crippen LogP contribution in [-0.2, 0) is 0 Å². The molecule has 0 aromatic heterocycles. The zero-order chi connectivity index (χ0) is 14.6. The maximum atomic E-state index is 12.3. The molecular weight excluding hydrogens is 287 g/mol. The van der Waals surface area contributed by atoms with Crippen molar-refractivity contribution < 1.29 is 28.2 Å². The number of carbonyl (C=O) groups is 1. The summed E-state index contributed by atoms with van der Waals surface area (Å²) in [6.45, 7) is -2.61. The number of phenolic OH excluding ortho intramolecular Hbond substituents is 1. The fourth-order valence-corrected chi connectivity index (χ4v) is 1.61. The van der Waals surface area contributed by atoms with Crippen LogP contribution in [0, 0.1) is 0 Å². The molecule has 0 aliphatic heterocycles. The number of rotatable bonds is 4. The molecule has 19 heavy (non-hydrogen) atoms. The molecule has 0 radical (unpaired) electrons. The zero-order valence-corrected chi connectivity index (χ0v) is 10.4. The van der Waals surface area contributed by atoms with Crippen molar-refractivity contribution in [3.8, 4) is 5.75 Å². The molecule has 106 valence electrons. The van der Waals surface area contributed by atoms with Gasteiger partial charge in [0.25, 0.3) is 5.91 Å². The molecule has 0 spiro atoms.